The molecule has 5 heteroatoms. The molecule has 0 aliphatic heterocycles. The van der Waals surface area contributed by atoms with Gasteiger partial charge in [0, 0.05) is 17.8 Å². The molecule has 2 amide bonds. The first-order valence-electron chi connectivity index (χ1n) is 9.35. The highest BCUT2D eigenvalue weighted by Crippen LogP contribution is 2.27. The smallest absolute Gasteiger partial charge is 0.238 e. The Morgan fingerprint density at radius 1 is 0.960 bits per heavy atom. The van der Waals surface area contributed by atoms with Gasteiger partial charge in [0.2, 0.25) is 11.8 Å². The summed E-state index contributed by atoms with van der Waals surface area (Å²) < 4.78 is 0. The molecule has 5 nitrogen and oxygen atoms in total. The normalized spacial score (nSPS) is 10.8. The van der Waals surface area contributed by atoms with Gasteiger partial charge in [-0.1, -0.05) is 39.7 Å². The molecule has 1 aromatic rings. The molecule has 1 aromatic carbocycles. The fourth-order valence-corrected chi connectivity index (χ4v) is 2.75. The number of anilines is 2. The van der Waals surface area contributed by atoms with Crippen molar-refractivity contribution >= 4 is 23.2 Å². The average Bonchev–Trinajstić information content (AvgIpc) is 2.59. The number of nitrogens with one attached hydrogen (secondary N) is 2. The summed E-state index contributed by atoms with van der Waals surface area (Å²) >= 11 is 0. The van der Waals surface area contributed by atoms with Gasteiger partial charge in [-0.05, 0) is 50.6 Å². The van der Waals surface area contributed by atoms with Gasteiger partial charge in [0.05, 0.1) is 6.54 Å². The van der Waals surface area contributed by atoms with Crippen LogP contribution in [0.3, 0.4) is 0 Å². The molecule has 0 unspecified atom stereocenters. The Hall–Kier alpha value is -1.88. The first-order valence-corrected chi connectivity index (χ1v) is 9.35. The van der Waals surface area contributed by atoms with Crippen molar-refractivity contribution in [3.8, 4) is 0 Å². The summed E-state index contributed by atoms with van der Waals surface area (Å²) in [5.41, 5.74) is 3.46. The fraction of sp³-hybridized carbons (Fsp3) is 0.600. The molecular formula is C20H33N3O2. The lowest BCUT2D eigenvalue weighted by Crippen LogP contribution is -2.33. The highest BCUT2D eigenvalue weighted by molar-refractivity contribution is 5.97. The van der Waals surface area contributed by atoms with Crippen LogP contribution < -0.4 is 10.6 Å². The van der Waals surface area contributed by atoms with Crippen molar-refractivity contribution in [2.45, 2.75) is 60.3 Å². The van der Waals surface area contributed by atoms with Crippen LogP contribution in [0, 0.1) is 13.8 Å². The topological polar surface area (TPSA) is 61.4 Å². The molecule has 0 aromatic heterocycles. The molecule has 0 heterocycles. The third-order valence-corrected chi connectivity index (χ3v) is 4.48. The maximum absolute atomic E-state index is 12.3. The Morgan fingerprint density at radius 2 is 1.64 bits per heavy atom. The second-order valence-corrected chi connectivity index (χ2v) is 6.44. The van der Waals surface area contributed by atoms with E-state index >= 15 is 0 Å². The van der Waals surface area contributed by atoms with E-state index in [2.05, 4.69) is 22.5 Å². The summed E-state index contributed by atoms with van der Waals surface area (Å²) in [5, 5.41) is 5.98. The van der Waals surface area contributed by atoms with Crippen LogP contribution in [0.1, 0.15) is 57.6 Å². The summed E-state index contributed by atoms with van der Waals surface area (Å²) in [6, 6.07) is 3.84. The predicted octanol–water partition coefficient (Wildman–Crippen LogP) is 4.10. The molecule has 1 rings (SSSR count). The van der Waals surface area contributed by atoms with Crippen molar-refractivity contribution in [1.82, 2.24) is 4.90 Å². The Morgan fingerprint density at radius 3 is 2.24 bits per heavy atom. The molecule has 140 valence electrons. The SMILES string of the molecule is CCCCCC(=O)Nc1ccc(C)c(NC(=O)CN(CC)CC)c1C. The lowest BCUT2D eigenvalue weighted by Gasteiger charge is -2.20. The van der Waals surface area contributed by atoms with Crippen molar-refractivity contribution in [3.05, 3.63) is 23.3 Å². The van der Waals surface area contributed by atoms with Gasteiger partial charge in [-0.2, -0.15) is 0 Å². The van der Waals surface area contributed by atoms with E-state index in [1.807, 2.05) is 39.8 Å². The molecule has 0 bridgehead atoms. The minimum Gasteiger partial charge on any atom is -0.326 e. The average molecular weight is 348 g/mol. The van der Waals surface area contributed by atoms with Crippen molar-refractivity contribution in [1.29, 1.82) is 0 Å². The summed E-state index contributed by atoms with van der Waals surface area (Å²) in [6.07, 6.45) is 3.60. The summed E-state index contributed by atoms with van der Waals surface area (Å²) in [4.78, 5) is 26.5. The number of likely N-dealkylation sites (N-methyl/N-ethyl adjacent to an activating group) is 1. The van der Waals surface area contributed by atoms with Crippen LogP contribution >= 0.6 is 0 Å². The summed E-state index contributed by atoms with van der Waals surface area (Å²) in [7, 11) is 0. The van der Waals surface area contributed by atoms with E-state index in [1.165, 1.54) is 0 Å². The van der Waals surface area contributed by atoms with Crippen LogP contribution in [0.5, 0.6) is 0 Å². The standard InChI is InChI=1S/C20H33N3O2/c1-6-9-10-11-18(24)21-17-13-12-15(4)20(16(17)5)22-19(25)14-23(7-2)8-3/h12-13H,6-11,14H2,1-5H3,(H,21,24)(H,22,25). The largest absolute Gasteiger partial charge is 0.326 e. The quantitative estimate of drug-likeness (QED) is 0.626. The predicted molar refractivity (Wildman–Crippen MR) is 105 cm³/mol. The first kappa shape index (κ1) is 21.2. The van der Waals surface area contributed by atoms with Crippen molar-refractivity contribution in [2.75, 3.05) is 30.3 Å². The number of rotatable bonds is 10. The van der Waals surface area contributed by atoms with Gasteiger partial charge in [-0.25, -0.2) is 0 Å². The van der Waals surface area contributed by atoms with Crippen molar-refractivity contribution < 1.29 is 9.59 Å². The number of unbranched alkanes of at least 4 members (excludes halogenated alkanes) is 2. The van der Waals surface area contributed by atoms with E-state index in [9.17, 15) is 9.59 Å². The molecule has 2 N–H and O–H groups in total. The van der Waals surface area contributed by atoms with Crippen LogP contribution in [0.15, 0.2) is 12.1 Å². The zero-order valence-electron chi connectivity index (χ0n) is 16.4. The highest BCUT2D eigenvalue weighted by atomic mass is 16.2. The van der Waals surface area contributed by atoms with Crippen LogP contribution in [0.4, 0.5) is 11.4 Å². The van der Waals surface area contributed by atoms with Gasteiger partial charge in [0.25, 0.3) is 0 Å². The zero-order valence-corrected chi connectivity index (χ0v) is 16.4. The number of aryl methyl sites for hydroxylation is 1. The Labute approximate surface area is 152 Å². The molecule has 0 aliphatic rings. The van der Waals surface area contributed by atoms with Crippen LogP contribution in [0.2, 0.25) is 0 Å². The molecule has 0 aliphatic carbocycles. The number of nitrogens with zero attached hydrogens (tertiary/aromatic N) is 1. The van der Waals surface area contributed by atoms with E-state index in [0.29, 0.717) is 13.0 Å². The van der Waals surface area contributed by atoms with E-state index in [1.54, 1.807) is 0 Å². The molecule has 0 saturated carbocycles. The number of benzene rings is 1. The third kappa shape index (κ3) is 6.86. The number of carbonyl (C=O) groups is 2. The minimum atomic E-state index is -0.0266. The van der Waals surface area contributed by atoms with Gasteiger partial charge in [-0.3, -0.25) is 14.5 Å². The molecule has 0 saturated heterocycles. The molecule has 25 heavy (non-hydrogen) atoms. The zero-order chi connectivity index (χ0) is 18.8. The second kappa shape index (κ2) is 10.9. The molecule has 0 spiro atoms. The molecular weight excluding hydrogens is 314 g/mol. The maximum atomic E-state index is 12.3. The van der Waals surface area contributed by atoms with Crippen molar-refractivity contribution in [3.63, 3.8) is 0 Å². The minimum absolute atomic E-state index is 0.0266. The maximum Gasteiger partial charge on any atom is 0.238 e. The Bertz CT molecular complexity index is 581. The number of carbonyl (C=O) groups excluding carboxylic acids is 2. The third-order valence-electron chi connectivity index (χ3n) is 4.48. The van der Waals surface area contributed by atoms with E-state index in [-0.39, 0.29) is 11.8 Å². The first-order chi connectivity index (χ1) is 11.9. The Balaban J connectivity index is 2.80. The van der Waals surface area contributed by atoms with Gasteiger partial charge >= 0.3 is 0 Å². The Kier molecular flexibility index (Phi) is 9.21. The van der Waals surface area contributed by atoms with Crippen LogP contribution in [-0.4, -0.2) is 36.3 Å². The van der Waals surface area contributed by atoms with Gasteiger partial charge in [0.1, 0.15) is 0 Å². The van der Waals surface area contributed by atoms with E-state index in [4.69, 9.17) is 0 Å². The summed E-state index contributed by atoms with van der Waals surface area (Å²) in [5.74, 6) is 0.00198. The highest BCUT2D eigenvalue weighted by Gasteiger charge is 2.14. The fourth-order valence-electron chi connectivity index (χ4n) is 2.75. The number of amides is 2. The molecule has 0 radical (unpaired) electrons. The lowest BCUT2D eigenvalue weighted by molar-refractivity contribution is -0.117. The van der Waals surface area contributed by atoms with Crippen LogP contribution in [-0.2, 0) is 9.59 Å². The number of hydrogen-bond donors (Lipinski definition) is 2. The van der Waals surface area contributed by atoms with Crippen molar-refractivity contribution in [2.24, 2.45) is 0 Å². The monoisotopic (exact) mass is 347 g/mol. The van der Waals surface area contributed by atoms with E-state index < -0.39 is 0 Å². The van der Waals surface area contributed by atoms with E-state index in [0.717, 1.165) is 54.9 Å². The number of hydrogen-bond acceptors (Lipinski definition) is 3. The summed E-state index contributed by atoms with van der Waals surface area (Å²) in [6.45, 7) is 12.2. The van der Waals surface area contributed by atoms with Gasteiger partial charge < -0.3 is 10.6 Å². The van der Waals surface area contributed by atoms with Gasteiger partial charge in [-0.15, -0.1) is 0 Å². The molecule has 0 atom stereocenters. The molecule has 0 fully saturated rings. The van der Waals surface area contributed by atoms with Crippen LogP contribution in [0.25, 0.3) is 0 Å². The lowest BCUT2D eigenvalue weighted by atomic mass is 10.1. The second-order valence-electron chi connectivity index (χ2n) is 6.44. The van der Waals surface area contributed by atoms with Gasteiger partial charge in [0.15, 0.2) is 0 Å².